The van der Waals surface area contributed by atoms with E-state index in [1.807, 2.05) is 25.1 Å². The molecule has 0 radical (unpaired) electrons. The molecule has 0 saturated heterocycles. The van der Waals surface area contributed by atoms with E-state index in [1.54, 1.807) is 0 Å². The van der Waals surface area contributed by atoms with E-state index in [4.69, 9.17) is 16.9 Å². The summed E-state index contributed by atoms with van der Waals surface area (Å²) in [5.41, 5.74) is 2.29. The van der Waals surface area contributed by atoms with E-state index in [1.165, 1.54) is 5.56 Å². The highest BCUT2D eigenvalue weighted by molar-refractivity contribution is 9.09. The highest BCUT2D eigenvalue weighted by Crippen LogP contribution is 2.18. The molecule has 0 bridgehead atoms. The Labute approximate surface area is 91.5 Å². The number of hydrogen-bond donors (Lipinski definition) is 0. The molecule has 1 unspecified atom stereocenters. The van der Waals surface area contributed by atoms with E-state index in [0.29, 0.717) is 6.42 Å². The monoisotopic (exact) mass is 257 g/mol. The van der Waals surface area contributed by atoms with Gasteiger partial charge in [-0.2, -0.15) is 5.26 Å². The second-order valence-electron chi connectivity index (χ2n) is 2.87. The van der Waals surface area contributed by atoms with Crippen molar-refractivity contribution in [2.75, 3.05) is 0 Å². The van der Waals surface area contributed by atoms with Crippen molar-refractivity contribution in [3.63, 3.8) is 0 Å². The van der Waals surface area contributed by atoms with Gasteiger partial charge in [-0.05, 0) is 36.6 Å². The Morgan fingerprint density at radius 1 is 1.62 bits per heavy atom. The van der Waals surface area contributed by atoms with Gasteiger partial charge in [0.1, 0.15) is 4.83 Å². The number of rotatable bonds is 2. The number of halogens is 2. The predicted molar refractivity (Wildman–Crippen MR) is 58.2 cm³/mol. The maximum Gasteiger partial charge on any atom is 0.105 e. The number of aryl methyl sites for hydroxylation is 1. The maximum absolute atomic E-state index is 8.63. The summed E-state index contributed by atoms with van der Waals surface area (Å²) >= 11 is 9.11. The van der Waals surface area contributed by atoms with Crippen LogP contribution in [0.2, 0.25) is 5.02 Å². The van der Waals surface area contributed by atoms with Gasteiger partial charge >= 0.3 is 0 Å². The van der Waals surface area contributed by atoms with Crippen LogP contribution in [-0.2, 0) is 6.42 Å². The molecule has 13 heavy (non-hydrogen) atoms. The lowest BCUT2D eigenvalue weighted by molar-refractivity contribution is 1.03. The molecule has 1 atom stereocenters. The minimum Gasteiger partial charge on any atom is -0.197 e. The zero-order valence-corrected chi connectivity index (χ0v) is 9.56. The molecule has 0 amide bonds. The van der Waals surface area contributed by atoms with E-state index in [0.717, 1.165) is 10.6 Å². The zero-order valence-electron chi connectivity index (χ0n) is 7.22. The Kier molecular flexibility index (Phi) is 3.77. The van der Waals surface area contributed by atoms with Crippen molar-refractivity contribution in [2.24, 2.45) is 0 Å². The van der Waals surface area contributed by atoms with Crippen LogP contribution in [0.25, 0.3) is 0 Å². The van der Waals surface area contributed by atoms with Gasteiger partial charge in [0, 0.05) is 5.02 Å². The molecule has 0 fully saturated rings. The summed E-state index contributed by atoms with van der Waals surface area (Å²) in [5, 5.41) is 9.35. The average molecular weight is 259 g/mol. The minimum atomic E-state index is -0.135. The Morgan fingerprint density at radius 3 is 2.92 bits per heavy atom. The number of benzene rings is 1. The number of alkyl halides is 1. The number of nitriles is 1. The Morgan fingerprint density at radius 2 is 2.31 bits per heavy atom. The van der Waals surface area contributed by atoms with Crippen LogP contribution in [0.15, 0.2) is 18.2 Å². The number of nitrogens with zero attached hydrogens (tertiary/aromatic N) is 1. The molecule has 0 N–H and O–H groups in total. The van der Waals surface area contributed by atoms with E-state index in [-0.39, 0.29) is 4.83 Å². The van der Waals surface area contributed by atoms with Crippen LogP contribution in [0, 0.1) is 18.3 Å². The summed E-state index contributed by atoms with van der Waals surface area (Å²) in [7, 11) is 0. The second-order valence-corrected chi connectivity index (χ2v) is 4.41. The molecule has 0 heterocycles. The van der Waals surface area contributed by atoms with Gasteiger partial charge in [-0.25, -0.2) is 0 Å². The highest BCUT2D eigenvalue weighted by Gasteiger charge is 2.06. The Bertz CT molecular complexity index is 343. The smallest absolute Gasteiger partial charge is 0.105 e. The van der Waals surface area contributed by atoms with Crippen LogP contribution >= 0.6 is 27.5 Å². The van der Waals surface area contributed by atoms with E-state index in [2.05, 4.69) is 22.0 Å². The summed E-state index contributed by atoms with van der Waals surface area (Å²) in [6.07, 6.45) is 0.697. The first kappa shape index (κ1) is 10.6. The van der Waals surface area contributed by atoms with E-state index in [9.17, 15) is 0 Å². The van der Waals surface area contributed by atoms with Crippen LogP contribution in [0.3, 0.4) is 0 Å². The fourth-order valence-electron chi connectivity index (χ4n) is 1.10. The molecule has 0 aliphatic carbocycles. The lowest BCUT2D eigenvalue weighted by atomic mass is 10.0. The quantitative estimate of drug-likeness (QED) is 0.745. The third-order valence-corrected chi connectivity index (χ3v) is 2.61. The van der Waals surface area contributed by atoms with Crippen molar-refractivity contribution in [2.45, 2.75) is 18.2 Å². The lowest BCUT2D eigenvalue weighted by Gasteiger charge is -2.06. The van der Waals surface area contributed by atoms with Crippen LogP contribution in [0.5, 0.6) is 0 Å². The fourth-order valence-corrected chi connectivity index (χ4v) is 1.64. The SMILES string of the molecule is Cc1ccc(Cl)cc1CC(Br)C#N. The number of hydrogen-bond acceptors (Lipinski definition) is 1. The second kappa shape index (κ2) is 4.64. The predicted octanol–water partition coefficient (Wildman–Crippen LogP) is 3.48. The first-order valence-corrected chi connectivity index (χ1v) is 5.21. The topological polar surface area (TPSA) is 23.8 Å². The molecule has 3 heteroatoms. The molecule has 68 valence electrons. The lowest BCUT2D eigenvalue weighted by Crippen LogP contribution is -2.00. The van der Waals surface area contributed by atoms with Crippen LogP contribution in [0.1, 0.15) is 11.1 Å². The summed E-state index contributed by atoms with van der Waals surface area (Å²) in [6.45, 7) is 2.02. The first-order valence-electron chi connectivity index (χ1n) is 3.92. The van der Waals surface area contributed by atoms with Gasteiger partial charge < -0.3 is 0 Å². The van der Waals surface area contributed by atoms with Gasteiger partial charge in [-0.1, -0.05) is 33.6 Å². The van der Waals surface area contributed by atoms with E-state index < -0.39 is 0 Å². The third kappa shape index (κ3) is 3.02. The Balaban J connectivity index is 2.88. The average Bonchev–Trinajstić information content (AvgIpc) is 2.11. The van der Waals surface area contributed by atoms with Crippen molar-refractivity contribution in [1.82, 2.24) is 0 Å². The first-order chi connectivity index (χ1) is 6.13. The van der Waals surface area contributed by atoms with Gasteiger partial charge in [-0.15, -0.1) is 0 Å². The Hall–Kier alpha value is -0.520. The molecule has 0 aliphatic heterocycles. The molecule has 1 rings (SSSR count). The zero-order chi connectivity index (χ0) is 9.84. The van der Waals surface area contributed by atoms with E-state index >= 15 is 0 Å². The molecule has 0 aromatic heterocycles. The summed E-state index contributed by atoms with van der Waals surface area (Å²) in [5.74, 6) is 0. The summed E-state index contributed by atoms with van der Waals surface area (Å²) in [4.78, 5) is -0.135. The van der Waals surface area contributed by atoms with Crippen LogP contribution in [-0.4, -0.2) is 4.83 Å². The molecule has 0 saturated carbocycles. The summed E-state index contributed by atoms with van der Waals surface area (Å²) < 4.78 is 0. The van der Waals surface area contributed by atoms with Crippen molar-refractivity contribution in [3.05, 3.63) is 34.3 Å². The molecular formula is C10H9BrClN. The maximum atomic E-state index is 8.63. The largest absolute Gasteiger partial charge is 0.197 e. The van der Waals surface area contributed by atoms with Crippen LogP contribution < -0.4 is 0 Å². The van der Waals surface area contributed by atoms with Crippen molar-refractivity contribution in [1.29, 1.82) is 5.26 Å². The minimum absolute atomic E-state index is 0.135. The highest BCUT2D eigenvalue weighted by atomic mass is 79.9. The normalized spacial score (nSPS) is 12.2. The van der Waals surface area contributed by atoms with Gasteiger partial charge in [0.2, 0.25) is 0 Å². The molecular weight excluding hydrogens is 249 g/mol. The van der Waals surface area contributed by atoms with Crippen LogP contribution in [0.4, 0.5) is 0 Å². The molecule has 0 aliphatic rings. The molecule has 1 aromatic carbocycles. The van der Waals surface area contributed by atoms with Crippen molar-refractivity contribution >= 4 is 27.5 Å². The van der Waals surface area contributed by atoms with Gasteiger partial charge in [-0.3, -0.25) is 0 Å². The third-order valence-electron chi connectivity index (χ3n) is 1.85. The fraction of sp³-hybridized carbons (Fsp3) is 0.300. The van der Waals surface area contributed by atoms with Gasteiger partial charge in [0.05, 0.1) is 6.07 Å². The molecule has 1 nitrogen and oxygen atoms in total. The standard InChI is InChI=1S/C10H9BrClN/c1-7-2-3-10(12)5-8(7)4-9(11)6-13/h2-3,5,9H,4H2,1H3. The summed E-state index contributed by atoms with van der Waals surface area (Å²) in [6, 6.07) is 7.86. The molecule has 1 aromatic rings. The van der Waals surface area contributed by atoms with Gasteiger partial charge in [0.15, 0.2) is 0 Å². The van der Waals surface area contributed by atoms with Gasteiger partial charge in [0.25, 0.3) is 0 Å². The van der Waals surface area contributed by atoms with Crippen molar-refractivity contribution < 1.29 is 0 Å². The van der Waals surface area contributed by atoms with Crippen molar-refractivity contribution in [3.8, 4) is 6.07 Å². The molecule has 0 spiro atoms.